The third-order valence-corrected chi connectivity index (χ3v) is 2.68. The fraction of sp³-hybridized carbons (Fsp3) is 0.417. The molecule has 3 heteroatoms. The van der Waals surface area contributed by atoms with Gasteiger partial charge in [-0.05, 0) is 49.4 Å². The zero-order valence-corrected chi connectivity index (χ0v) is 9.29. The van der Waals surface area contributed by atoms with Crippen LogP contribution < -0.4 is 0 Å². The lowest BCUT2D eigenvalue weighted by Crippen LogP contribution is -2.02. The average molecular weight is 208 g/mol. The standard InChI is InChI=1S/C12H16O3/c1-7-6-8(2)12(15)9(3)10(7)4-5-11(13)14/h6,15H,4-5H2,1-3H3,(H,13,14). The molecule has 0 spiro atoms. The molecule has 0 aromatic heterocycles. The third kappa shape index (κ3) is 2.49. The van der Waals surface area contributed by atoms with E-state index in [-0.39, 0.29) is 12.2 Å². The number of hydrogen-bond acceptors (Lipinski definition) is 2. The molecule has 0 aliphatic rings. The van der Waals surface area contributed by atoms with E-state index < -0.39 is 5.97 Å². The van der Waals surface area contributed by atoms with Crippen molar-refractivity contribution in [1.29, 1.82) is 0 Å². The van der Waals surface area contributed by atoms with Gasteiger partial charge in [-0.15, -0.1) is 0 Å². The number of aliphatic carboxylic acids is 1. The maximum atomic E-state index is 10.5. The van der Waals surface area contributed by atoms with Crippen LogP contribution in [0.4, 0.5) is 0 Å². The van der Waals surface area contributed by atoms with Crippen LogP contribution in [0.1, 0.15) is 28.7 Å². The van der Waals surface area contributed by atoms with Gasteiger partial charge in [-0.25, -0.2) is 0 Å². The van der Waals surface area contributed by atoms with Crippen molar-refractivity contribution in [2.75, 3.05) is 0 Å². The van der Waals surface area contributed by atoms with E-state index in [4.69, 9.17) is 5.11 Å². The SMILES string of the molecule is Cc1cc(C)c(CCC(=O)O)c(C)c1O. The van der Waals surface area contributed by atoms with Crippen LogP contribution in [0.15, 0.2) is 6.07 Å². The van der Waals surface area contributed by atoms with Crippen LogP contribution in [0.2, 0.25) is 0 Å². The average Bonchev–Trinajstić information content (AvgIpc) is 2.14. The number of rotatable bonds is 3. The van der Waals surface area contributed by atoms with Crippen LogP contribution in [0.3, 0.4) is 0 Å². The van der Waals surface area contributed by atoms with Crippen molar-refractivity contribution in [2.24, 2.45) is 0 Å². The lowest BCUT2D eigenvalue weighted by Gasteiger charge is -2.12. The van der Waals surface area contributed by atoms with E-state index in [1.165, 1.54) is 0 Å². The maximum Gasteiger partial charge on any atom is 0.303 e. The summed E-state index contributed by atoms with van der Waals surface area (Å²) in [6.07, 6.45) is 0.574. The first-order valence-corrected chi connectivity index (χ1v) is 4.94. The van der Waals surface area contributed by atoms with E-state index in [1.54, 1.807) is 0 Å². The van der Waals surface area contributed by atoms with Gasteiger partial charge in [0.15, 0.2) is 0 Å². The van der Waals surface area contributed by atoms with Crippen LogP contribution >= 0.6 is 0 Å². The van der Waals surface area contributed by atoms with Crippen molar-refractivity contribution in [3.63, 3.8) is 0 Å². The van der Waals surface area contributed by atoms with Crippen molar-refractivity contribution in [2.45, 2.75) is 33.6 Å². The Balaban J connectivity index is 3.07. The van der Waals surface area contributed by atoms with E-state index in [0.29, 0.717) is 6.42 Å². The highest BCUT2D eigenvalue weighted by Crippen LogP contribution is 2.28. The molecule has 0 aliphatic heterocycles. The van der Waals surface area contributed by atoms with Crippen LogP contribution in [-0.2, 0) is 11.2 Å². The summed E-state index contributed by atoms with van der Waals surface area (Å²) in [4.78, 5) is 10.5. The summed E-state index contributed by atoms with van der Waals surface area (Å²) in [5.74, 6) is -0.533. The van der Waals surface area contributed by atoms with Crippen LogP contribution in [0, 0.1) is 20.8 Å². The summed E-state index contributed by atoms with van der Waals surface area (Å²) in [7, 11) is 0. The van der Waals surface area contributed by atoms with Crippen LogP contribution in [0.25, 0.3) is 0 Å². The molecule has 0 aliphatic carbocycles. The van der Waals surface area contributed by atoms with Gasteiger partial charge in [0.05, 0.1) is 0 Å². The minimum atomic E-state index is -0.811. The first kappa shape index (κ1) is 11.6. The summed E-state index contributed by atoms with van der Waals surface area (Å²) < 4.78 is 0. The van der Waals surface area contributed by atoms with Gasteiger partial charge in [0.2, 0.25) is 0 Å². The van der Waals surface area contributed by atoms with Crippen molar-refractivity contribution < 1.29 is 15.0 Å². The Labute approximate surface area is 89.4 Å². The van der Waals surface area contributed by atoms with Gasteiger partial charge in [-0.2, -0.15) is 0 Å². The van der Waals surface area contributed by atoms with Crippen LogP contribution in [-0.4, -0.2) is 16.2 Å². The second-order valence-corrected chi connectivity index (χ2v) is 3.86. The molecule has 0 amide bonds. The summed E-state index contributed by atoms with van der Waals surface area (Å²) in [6, 6.07) is 1.89. The molecule has 0 atom stereocenters. The van der Waals surface area contributed by atoms with E-state index >= 15 is 0 Å². The molecule has 0 unspecified atom stereocenters. The molecule has 0 saturated heterocycles. The molecule has 15 heavy (non-hydrogen) atoms. The molecule has 1 rings (SSSR count). The molecular weight excluding hydrogens is 192 g/mol. The lowest BCUT2D eigenvalue weighted by molar-refractivity contribution is -0.136. The van der Waals surface area contributed by atoms with Crippen molar-refractivity contribution in [1.82, 2.24) is 0 Å². The monoisotopic (exact) mass is 208 g/mol. The fourth-order valence-corrected chi connectivity index (χ4v) is 1.83. The van der Waals surface area contributed by atoms with E-state index in [0.717, 1.165) is 22.3 Å². The van der Waals surface area contributed by atoms with Gasteiger partial charge in [0.1, 0.15) is 5.75 Å². The smallest absolute Gasteiger partial charge is 0.303 e. The molecule has 1 aromatic rings. The molecule has 0 heterocycles. The van der Waals surface area contributed by atoms with Gasteiger partial charge >= 0.3 is 5.97 Å². The van der Waals surface area contributed by atoms with Crippen molar-refractivity contribution in [3.8, 4) is 5.75 Å². The van der Waals surface area contributed by atoms with Gasteiger partial charge in [-0.1, -0.05) is 6.07 Å². The number of carboxylic acid groups (broad SMARTS) is 1. The van der Waals surface area contributed by atoms with Gasteiger partial charge in [0.25, 0.3) is 0 Å². The second-order valence-electron chi connectivity index (χ2n) is 3.86. The molecule has 1 aromatic carbocycles. The predicted octanol–water partition coefficient (Wildman–Crippen LogP) is 2.33. The molecule has 0 radical (unpaired) electrons. The Bertz CT molecular complexity index is 394. The zero-order valence-electron chi connectivity index (χ0n) is 9.29. The fourth-order valence-electron chi connectivity index (χ4n) is 1.83. The Morgan fingerprint density at radius 1 is 1.27 bits per heavy atom. The third-order valence-electron chi connectivity index (χ3n) is 2.68. The summed E-state index contributed by atoms with van der Waals surface area (Å²) >= 11 is 0. The topological polar surface area (TPSA) is 57.5 Å². The normalized spacial score (nSPS) is 10.3. The first-order valence-electron chi connectivity index (χ1n) is 4.94. The van der Waals surface area contributed by atoms with Gasteiger partial charge < -0.3 is 10.2 Å². The molecular formula is C12H16O3. The molecule has 0 bridgehead atoms. The molecule has 3 nitrogen and oxygen atoms in total. The Hall–Kier alpha value is -1.51. The van der Waals surface area contributed by atoms with E-state index in [9.17, 15) is 9.90 Å². The number of phenolic OH excluding ortho intramolecular Hbond substituents is 1. The number of benzene rings is 1. The quantitative estimate of drug-likeness (QED) is 0.801. The number of hydrogen-bond donors (Lipinski definition) is 2. The highest BCUT2D eigenvalue weighted by atomic mass is 16.4. The zero-order chi connectivity index (χ0) is 11.6. The first-order chi connectivity index (χ1) is 6.93. The number of carbonyl (C=O) groups is 1. The predicted molar refractivity (Wildman–Crippen MR) is 58.3 cm³/mol. The maximum absolute atomic E-state index is 10.5. The van der Waals surface area contributed by atoms with E-state index in [1.807, 2.05) is 26.8 Å². The van der Waals surface area contributed by atoms with Crippen molar-refractivity contribution in [3.05, 3.63) is 28.3 Å². The summed E-state index contributed by atoms with van der Waals surface area (Å²) in [6.45, 7) is 5.61. The molecule has 0 fully saturated rings. The Kier molecular flexibility index (Phi) is 3.35. The van der Waals surface area contributed by atoms with Crippen molar-refractivity contribution >= 4 is 5.97 Å². The highest BCUT2D eigenvalue weighted by molar-refractivity contribution is 5.67. The number of aromatic hydroxyl groups is 1. The Morgan fingerprint density at radius 2 is 1.87 bits per heavy atom. The molecule has 0 saturated carbocycles. The minimum absolute atomic E-state index is 0.101. The molecule has 82 valence electrons. The Morgan fingerprint density at radius 3 is 2.40 bits per heavy atom. The second kappa shape index (κ2) is 4.34. The molecule has 2 N–H and O–H groups in total. The minimum Gasteiger partial charge on any atom is -0.507 e. The highest BCUT2D eigenvalue weighted by Gasteiger charge is 2.11. The number of carboxylic acids is 1. The van der Waals surface area contributed by atoms with E-state index in [2.05, 4.69) is 0 Å². The number of aryl methyl sites for hydroxylation is 2. The largest absolute Gasteiger partial charge is 0.507 e. The number of phenols is 1. The summed E-state index contributed by atoms with van der Waals surface area (Å²) in [5, 5.41) is 18.3. The lowest BCUT2D eigenvalue weighted by atomic mass is 9.95. The summed E-state index contributed by atoms with van der Waals surface area (Å²) in [5.41, 5.74) is 3.63. The van der Waals surface area contributed by atoms with Crippen LogP contribution in [0.5, 0.6) is 5.75 Å². The van der Waals surface area contributed by atoms with Gasteiger partial charge in [-0.3, -0.25) is 4.79 Å². The van der Waals surface area contributed by atoms with Gasteiger partial charge in [0, 0.05) is 6.42 Å².